The quantitative estimate of drug-likeness (QED) is 0.547. The summed E-state index contributed by atoms with van der Waals surface area (Å²) in [5, 5.41) is 14.8. The maximum absolute atomic E-state index is 8.63. The van der Waals surface area contributed by atoms with Crippen molar-refractivity contribution >= 4 is 6.41 Å². The zero-order chi connectivity index (χ0) is 14.9. The molecule has 0 radical (unpaired) electrons. The highest BCUT2D eigenvalue weighted by Gasteiger charge is 1.74. The molecular weight excluding hydrogens is 258 g/mol. The van der Waals surface area contributed by atoms with Crippen LogP contribution in [0.25, 0.3) is 0 Å². The molecule has 0 aliphatic heterocycles. The molecule has 3 rings (SSSR count). The van der Waals surface area contributed by atoms with E-state index in [4.69, 9.17) is 9.90 Å². The van der Waals surface area contributed by atoms with Crippen LogP contribution in [0.4, 0.5) is 0 Å². The lowest BCUT2D eigenvalue weighted by molar-refractivity contribution is -0.106. The third-order valence-corrected chi connectivity index (χ3v) is 1.59. The van der Waals surface area contributed by atoms with Crippen molar-refractivity contribution in [3.63, 3.8) is 0 Å². The van der Waals surface area contributed by atoms with Gasteiger partial charge in [0.1, 0.15) is 5.75 Å². The average molecular weight is 275 g/mol. The summed E-state index contributed by atoms with van der Waals surface area (Å²) in [5.41, 5.74) is 4.17. The monoisotopic (exact) mass is 275 g/mol. The smallest absolute Gasteiger partial charge is 0.204 e. The van der Waals surface area contributed by atoms with Crippen molar-refractivity contribution in [1.29, 1.82) is 0 Å². The predicted molar refractivity (Wildman–Crippen MR) is 75.7 cm³/mol. The number of hydrogen-bond acceptors (Lipinski definition) is 4. The Kier molecular flexibility index (Phi) is 11.9. The van der Waals surface area contributed by atoms with Crippen LogP contribution in [0, 0.1) is 0 Å². The first-order chi connectivity index (χ1) is 9.81. The highest BCUT2D eigenvalue weighted by molar-refractivity contribution is 5.42. The van der Waals surface area contributed by atoms with E-state index in [1.165, 1.54) is 0 Å². The first kappa shape index (κ1) is 17.0. The predicted octanol–water partition coefficient (Wildman–Crippen LogP) is 2.18. The van der Waals surface area contributed by atoms with Gasteiger partial charge in [-0.15, -0.1) is 0 Å². The standard InChI is InChI=1S/C6H6O.C4H4O.C3H4N2.CH3NO/c7-6-4-2-1-3-5-6;2*1-2-4-5-3-1;2-1-3/h1-5,7H;1-4H;1-3H,(H,4,5);1H,(H2,2,3). The minimum absolute atomic E-state index is 0.250. The topological polar surface area (TPSA) is 105 Å². The lowest BCUT2D eigenvalue weighted by Crippen LogP contribution is -1.82. The molecule has 0 atom stereocenters. The van der Waals surface area contributed by atoms with Crippen LogP contribution in [0.2, 0.25) is 0 Å². The van der Waals surface area contributed by atoms with Crippen molar-refractivity contribution in [1.82, 2.24) is 10.2 Å². The van der Waals surface area contributed by atoms with Gasteiger partial charge in [-0.25, -0.2) is 0 Å². The normalized spacial score (nSPS) is 7.60. The minimum Gasteiger partial charge on any atom is -0.508 e. The summed E-state index contributed by atoms with van der Waals surface area (Å²) in [6.07, 6.45) is 6.96. The molecule has 3 aromatic rings. The molecule has 0 saturated heterocycles. The van der Waals surface area contributed by atoms with E-state index in [1.807, 2.05) is 24.3 Å². The van der Waals surface area contributed by atoms with Gasteiger partial charge < -0.3 is 15.3 Å². The van der Waals surface area contributed by atoms with Crippen LogP contribution in [-0.4, -0.2) is 21.7 Å². The number of para-hydroxylation sites is 1. The van der Waals surface area contributed by atoms with E-state index in [1.54, 1.807) is 49.2 Å². The number of carbonyl (C=O) groups is 1. The second-order valence-electron chi connectivity index (χ2n) is 3.03. The van der Waals surface area contributed by atoms with Crippen molar-refractivity contribution < 1.29 is 14.3 Å². The molecule has 0 bridgehead atoms. The largest absolute Gasteiger partial charge is 0.508 e. The first-order valence-corrected chi connectivity index (χ1v) is 5.61. The van der Waals surface area contributed by atoms with Gasteiger partial charge in [-0.2, -0.15) is 5.10 Å². The fraction of sp³-hybridized carbons (Fsp3) is 0. The number of carbonyl (C=O) groups excluding carboxylic acids is 1. The maximum Gasteiger partial charge on any atom is 0.204 e. The van der Waals surface area contributed by atoms with Crippen LogP contribution >= 0.6 is 0 Å². The van der Waals surface area contributed by atoms with E-state index >= 15 is 0 Å². The Morgan fingerprint density at radius 1 is 1.10 bits per heavy atom. The number of amides is 1. The number of rotatable bonds is 0. The SMILES string of the molecule is NC=O.Oc1ccccc1.c1ccoc1.c1cn[nH]c1. The van der Waals surface area contributed by atoms with Gasteiger partial charge in [0.15, 0.2) is 0 Å². The van der Waals surface area contributed by atoms with Gasteiger partial charge in [0, 0.05) is 12.4 Å². The van der Waals surface area contributed by atoms with Crippen LogP contribution in [-0.2, 0) is 4.79 Å². The number of phenols is 1. The number of aromatic hydroxyl groups is 1. The fourth-order valence-corrected chi connectivity index (χ4v) is 0.870. The van der Waals surface area contributed by atoms with E-state index in [0.717, 1.165) is 0 Å². The number of aromatic nitrogens is 2. The number of benzene rings is 1. The number of H-pyrrole nitrogens is 1. The molecule has 0 fully saturated rings. The third kappa shape index (κ3) is 13.0. The van der Waals surface area contributed by atoms with Gasteiger partial charge in [-0.1, -0.05) is 18.2 Å². The minimum atomic E-state index is 0.250. The van der Waals surface area contributed by atoms with Crippen molar-refractivity contribution in [2.45, 2.75) is 0 Å². The molecule has 0 saturated carbocycles. The van der Waals surface area contributed by atoms with Crippen molar-refractivity contribution in [2.75, 3.05) is 0 Å². The second-order valence-corrected chi connectivity index (χ2v) is 3.03. The Balaban J connectivity index is 0.000000251. The van der Waals surface area contributed by atoms with E-state index in [9.17, 15) is 0 Å². The summed E-state index contributed by atoms with van der Waals surface area (Å²) in [6, 6.07) is 14.2. The van der Waals surface area contributed by atoms with Gasteiger partial charge in [0.05, 0.1) is 12.5 Å². The Bertz CT molecular complexity index is 421. The molecule has 20 heavy (non-hydrogen) atoms. The number of hydrogen-bond donors (Lipinski definition) is 3. The molecule has 6 heteroatoms. The van der Waals surface area contributed by atoms with Crippen LogP contribution in [0.5, 0.6) is 5.75 Å². The maximum atomic E-state index is 8.63. The summed E-state index contributed by atoms with van der Waals surface area (Å²) in [4.78, 5) is 8.58. The molecule has 0 aliphatic carbocycles. The van der Waals surface area contributed by atoms with Crippen molar-refractivity contribution in [2.24, 2.45) is 5.73 Å². The Labute approximate surface area is 116 Å². The number of primary amides is 1. The lowest BCUT2D eigenvalue weighted by Gasteiger charge is -1.82. The summed E-state index contributed by atoms with van der Waals surface area (Å²) < 4.78 is 4.58. The van der Waals surface area contributed by atoms with Crippen LogP contribution in [0.15, 0.2) is 77.9 Å². The molecule has 0 spiro atoms. The molecule has 1 aromatic carbocycles. The number of phenolic OH excluding ortho intramolecular Hbond substituents is 1. The molecular formula is C14H17N3O3. The zero-order valence-corrected chi connectivity index (χ0v) is 10.8. The lowest BCUT2D eigenvalue weighted by atomic mass is 10.3. The number of furan rings is 1. The van der Waals surface area contributed by atoms with Gasteiger partial charge in [0.2, 0.25) is 6.41 Å². The van der Waals surface area contributed by atoms with Gasteiger partial charge in [-0.05, 0) is 30.3 Å². The van der Waals surface area contributed by atoms with Gasteiger partial charge in [0.25, 0.3) is 0 Å². The summed E-state index contributed by atoms with van der Waals surface area (Å²) in [6.45, 7) is 0. The number of aromatic amines is 1. The van der Waals surface area contributed by atoms with Gasteiger partial charge in [-0.3, -0.25) is 9.89 Å². The van der Waals surface area contributed by atoms with Crippen LogP contribution in [0.3, 0.4) is 0 Å². The molecule has 0 aliphatic rings. The molecule has 106 valence electrons. The van der Waals surface area contributed by atoms with Crippen molar-refractivity contribution in [3.8, 4) is 5.75 Å². The van der Waals surface area contributed by atoms with Gasteiger partial charge >= 0.3 is 0 Å². The highest BCUT2D eigenvalue weighted by atomic mass is 16.3. The average Bonchev–Trinajstić information content (AvgIpc) is 3.20. The van der Waals surface area contributed by atoms with E-state index in [0.29, 0.717) is 5.75 Å². The summed E-state index contributed by atoms with van der Waals surface area (Å²) in [5.74, 6) is 0.322. The zero-order valence-electron chi connectivity index (χ0n) is 10.8. The molecule has 2 heterocycles. The summed E-state index contributed by atoms with van der Waals surface area (Å²) >= 11 is 0. The first-order valence-electron chi connectivity index (χ1n) is 5.61. The fourth-order valence-electron chi connectivity index (χ4n) is 0.870. The number of nitrogens with zero attached hydrogens (tertiary/aromatic N) is 1. The summed E-state index contributed by atoms with van der Waals surface area (Å²) in [7, 11) is 0. The Morgan fingerprint density at radius 3 is 1.90 bits per heavy atom. The Morgan fingerprint density at radius 2 is 1.70 bits per heavy atom. The highest BCUT2D eigenvalue weighted by Crippen LogP contribution is 2.02. The molecule has 1 amide bonds. The number of nitrogens with one attached hydrogen (secondary N) is 1. The molecule has 6 nitrogen and oxygen atoms in total. The molecule has 2 aromatic heterocycles. The molecule has 0 unspecified atom stereocenters. The van der Waals surface area contributed by atoms with Crippen molar-refractivity contribution in [3.05, 3.63) is 73.5 Å². The van der Waals surface area contributed by atoms with Crippen LogP contribution < -0.4 is 5.73 Å². The Hall–Kier alpha value is -3.02. The molecule has 4 N–H and O–H groups in total. The van der Waals surface area contributed by atoms with E-state index in [-0.39, 0.29) is 6.41 Å². The van der Waals surface area contributed by atoms with E-state index in [2.05, 4.69) is 20.3 Å². The van der Waals surface area contributed by atoms with Crippen LogP contribution in [0.1, 0.15) is 0 Å². The second kappa shape index (κ2) is 14.0. The number of nitrogens with two attached hydrogens (primary N) is 1. The van der Waals surface area contributed by atoms with E-state index < -0.39 is 0 Å². The third-order valence-electron chi connectivity index (χ3n) is 1.59.